The van der Waals surface area contributed by atoms with Crippen LogP contribution in [0.3, 0.4) is 0 Å². The first kappa shape index (κ1) is 15.9. The molecule has 0 bridgehead atoms. The zero-order valence-corrected chi connectivity index (χ0v) is 14.1. The highest BCUT2D eigenvalue weighted by molar-refractivity contribution is 5.43. The molecule has 0 amide bonds. The molecule has 0 saturated carbocycles. The van der Waals surface area contributed by atoms with Gasteiger partial charge >= 0.3 is 0 Å². The third kappa shape index (κ3) is 4.03. The molecule has 2 N–H and O–H groups in total. The quantitative estimate of drug-likeness (QED) is 0.599. The Balaban J connectivity index is 2.17. The Morgan fingerprint density at radius 1 is 1.29 bits per heavy atom. The highest BCUT2D eigenvalue weighted by Gasteiger charge is 2.33. The lowest BCUT2D eigenvalue weighted by Crippen LogP contribution is -2.33. The largest absolute Gasteiger partial charge is 0.487 e. The van der Waals surface area contributed by atoms with E-state index >= 15 is 0 Å². The van der Waals surface area contributed by atoms with E-state index in [4.69, 9.17) is 10.5 Å². The number of anilines is 1. The van der Waals surface area contributed by atoms with Crippen molar-refractivity contribution in [2.45, 2.75) is 65.9 Å². The van der Waals surface area contributed by atoms with Gasteiger partial charge in [-0.25, -0.2) is 0 Å². The van der Waals surface area contributed by atoms with Gasteiger partial charge < -0.3 is 10.5 Å². The zero-order chi connectivity index (χ0) is 15.7. The van der Waals surface area contributed by atoms with Gasteiger partial charge in [-0.3, -0.25) is 0 Å². The molecule has 0 fully saturated rings. The normalized spacial score (nSPS) is 18.7. The van der Waals surface area contributed by atoms with Crippen LogP contribution in [0.5, 0.6) is 5.75 Å². The molecule has 0 aliphatic heterocycles. The summed E-state index contributed by atoms with van der Waals surface area (Å²) in [5.74, 6) is 0.854. The fourth-order valence-corrected chi connectivity index (χ4v) is 3.42. The van der Waals surface area contributed by atoms with Crippen LogP contribution in [-0.2, 0) is 0 Å². The number of rotatable bonds is 4. The molecule has 1 aliphatic rings. The van der Waals surface area contributed by atoms with Crippen LogP contribution in [0.1, 0.15) is 60.3 Å². The van der Waals surface area contributed by atoms with Gasteiger partial charge in [0.05, 0.1) is 0 Å². The van der Waals surface area contributed by atoms with Crippen LogP contribution in [-0.4, -0.2) is 5.60 Å². The van der Waals surface area contributed by atoms with Gasteiger partial charge in [0, 0.05) is 18.2 Å². The Morgan fingerprint density at radius 2 is 2.00 bits per heavy atom. The minimum atomic E-state index is -0.223. The Kier molecular flexibility index (Phi) is 4.36. The van der Waals surface area contributed by atoms with E-state index in [-0.39, 0.29) is 5.60 Å². The van der Waals surface area contributed by atoms with E-state index in [1.54, 1.807) is 11.1 Å². The van der Waals surface area contributed by atoms with E-state index in [2.05, 4.69) is 34.6 Å². The molecular weight excluding hydrogens is 258 g/mol. The van der Waals surface area contributed by atoms with Crippen molar-refractivity contribution in [3.05, 3.63) is 35.4 Å². The Bertz CT molecular complexity index is 540. The summed E-state index contributed by atoms with van der Waals surface area (Å²) in [6.45, 7) is 11.3. The van der Waals surface area contributed by atoms with Crippen molar-refractivity contribution in [2.75, 3.05) is 5.73 Å². The summed E-state index contributed by atoms with van der Waals surface area (Å²) in [7, 11) is 0. The molecule has 0 aromatic heterocycles. The molecule has 21 heavy (non-hydrogen) atoms. The van der Waals surface area contributed by atoms with E-state index in [0.717, 1.165) is 17.9 Å². The fraction of sp³-hybridized carbons (Fsp3) is 0.579. The number of nitrogen functional groups attached to an aromatic ring is 1. The van der Waals surface area contributed by atoms with Gasteiger partial charge in [-0.2, -0.15) is 0 Å². The molecule has 2 rings (SSSR count). The second kappa shape index (κ2) is 5.75. The summed E-state index contributed by atoms with van der Waals surface area (Å²) in [6, 6.07) is 7.70. The monoisotopic (exact) mass is 287 g/mol. The highest BCUT2D eigenvalue weighted by Crippen LogP contribution is 2.44. The topological polar surface area (TPSA) is 35.2 Å². The van der Waals surface area contributed by atoms with Gasteiger partial charge in [0.15, 0.2) is 0 Å². The molecule has 0 heterocycles. The van der Waals surface area contributed by atoms with Crippen molar-refractivity contribution >= 4 is 5.69 Å². The van der Waals surface area contributed by atoms with Gasteiger partial charge in [-0.1, -0.05) is 31.1 Å². The molecule has 0 unspecified atom stereocenters. The maximum Gasteiger partial charge on any atom is 0.122 e. The van der Waals surface area contributed by atoms with E-state index < -0.39 is 0 Å². The molecule has 2 nitrogen and oxygen atoms in total. The summed E-state index contributed by atoms with van der Waals surface area (Å²) in [4.78, 5) is 0. The molecule has 116 valence electrons. The van der Waals surface area contributed by atoms with Gasteiger partial charge in [0.25, 0.3) is 0 Å². The average Bonchev–Trinajstić information content (AvgIpc) is 2.33. The highest BCUT2D eigenvalue weighted by atomic mass is 16.5. The molecule has 0 spiro atoms. The predicted octanol–water partition coefficient (Wildman–Crippen LogP) is 5.34. The summed E-state index contributed by atoms with van der Waals surface area (Å²) >= 11 is 0. The molecule has 2 heteroatoms. The van der Waals surface area contributed by atoms with Gasteiger partial charge in [-0.15, -0.1) is 0 Å². The van der Waals surface area contributed by atoms with E-state index in [1.165, 1.54) is 19.3 Å². The second-order valence-corrected chi connectivity index (χ2v) is 7.61. The molecular formula is C19H29NO. The average molecular weight is 287 g/mol. The Hall–Kier alpha value is -1.44. The van der Waals surface area contributed by atoms with Gasteiger partial charge in [-0.05, 0) is 57.6 Å². The number of benzene rings is 1. The lowest BCUT2D eigenvalue weighted by Gasteiger charge is -2.39. The summed E-state index contributed by atoms with van der Waals surface area (Å²) in [6.07, 6.45) is 4.78. The predicted molar refractivity (Wildman–Crippen MR) is 90.5 cm³/mol. The molecule has 0 saturated heterocycles. The van der Waals surface area contributed by atoms with Gasteiger partial charge in [0.2, 0.25) is 0 Å². The Labute approximate surface area is 129 Å². The van der Waals surface area contributed by atoms with Gasteiger partial charge in [0.1, 0.15) is 11.4 Å². The van der Waals surface area contributed by atoms with E-state index in [0.29, 0.717) is 5.41 Å². The zero-order valence-electron chi connectivity index (χ0n) is 14.1. The maximum atomic E-state index is 6.21. The maximum absolute atomic E-state index is 6.21. The molecule has 1 aromatic rings. The van der Waals surface area contributed by atoms with Crippen molar-refractivity contribution < 1.29 is 4.74 Å². The lowest BCUT2D eigenvalue weighted by atomic mass is 9.69. The van der Waals surface area contributed by atoms with E-state index in [9.17, 15) is 0 Å². The molecule has 0 radical (unpaired) electrons. The van der Waals surface area contributed by atoms with Crippen LogP contribution >= 0.6 is 0 Å². The first-order valence-corrected chi connectivity index (χ1v) is 7.93. The van der Waals surface area contributed by atoms with Crippen LogP contribution in [0.15, 0.2) is 35.4 Å². The first-order valence-electron chi connectivity index (χ1n) is 7.93. The number of allylic oxidation sites excluding steroid dienone is 1. The van der Waals surface area contributed by atoms with Crippen molar-refractivity contribution in [1.82, 2.24) is 0 Å². The number of ether oxygens (including phenoxy) is 1. The van der Waals surface area contributed by atoms with Crippen LogP contribution in [0, 0.1) is 5.41 Å². The minimum absolute atomic E-state index is 0.223. The van der Waals surface area contributed by atoms with Crippen LogP contribution in [0.4, 0.5) is 5.69 Å². The van der Waals surface area contributed by atoms with Crippen LogP contribution in [0.2, 0.25) is 0 Å². The van der Waals surface area contributed by atoms with Crippen molar-refractivity contribution in [2.24, 2.45) is 5.41 Å². The van der Waals surface area contributed by atoms with Crippen LogP contribution in [0.25, 0.3) is 0 Å². The van der Waals surface area contributed by atoms with Crippen molar-refractivity contribution in [3.63, 3.8) is 0 Å². The summed E-state index contributed by atoms with van der Waals surface area (Å²) in [5, 5.41) is 0. The second-order valence-electron chi connectivity index (χ2n) is 7.61. The van der Waals surface area contributed by atoms with Crippen LogP contribution < -0.4 is 10.5 Å². The number of hydrogen-bond donors (Lipinski definition) is 1. The molecule has 1 aliphatic carbocycles. The lowest BCUT2D eigenvalue weighted by molar-refractivity contribution is 0.101. The first-order chi connectivity index (χ1) is 9.70. The van der Waals surface area contributed by atoms with E-state index in [1.807, 2.05) is 24.3 Å². The van der Waals surface area contributed by atoms with Crippen molar-refractivity contribution in [3.8, 4) is 5.75 Å². The smallest absolute Gasteiger partial charge is 0.122 e. The third-order valence-corrected chi connectivity index (χ3v) is 4.54. The number of hydrogen-bond acceptors (Lipinski definition) is 2. The molecule has 1 aromatic carbocycles. The summed E-state index contributed by atoms with van der Waals surface area (Å²) < 4.78 is 6.21. The third-order valence-electron chi connectivity index (χ3n) is 4.54. The standard InChI is InChI=1S/C19H29NO/c1-14-8-7-11-18(2,3)17(14)13-19(4,5)21-16-10-6-9-15(20)12-16/h6,9-10,12H,7-8,11,13,20H2,1-5H3. The minimum Gasteiger partial charge on any atom is -0.487 e. The SMILES string of the molecule is CC1=C(CC(C)(C)Oc2cccc(N)c2)C(C)(C)CCC1. The summed E-state index contributed by atoms with van der Waals surface area (Å²) in [5.41, 5.74) is 9.77. The van der Waals surface area contributed by atoms with Crippen molar-refractivity contribution in [1.29, 1.82) is 0 Å². The molecule has 0 atom stereocenters. The number of nitrogens with two attached hydrogens (primary N) is 1. The fourth-order valence-electron chi connectivity index (χ4n) is 3.42. The Morgan fingerprint density at radius 3 is 2.62 bits per heavy atom.